The maximum atomic E-state index is 12.1. The van der Waals surface area contributed by atoms with E-state index in [0.717, 1.165) is 18.9 Å². The van der Waals surface area contributed by atoms with Gasteiger partial charge in [0.15, 0.2) is 0 Å². The number of hydrogen-bond acceptors (Lipinski definition) is 3. The summed E-state index contributed by atoms with van der Waals surface area (Å²) >= 11 is 6.15. The third-order valence-corrected chi connectivity index (χ3v) is 3.94. The molecule has 1 saturated heterocycles. The summed E-state index contributed by atoms with van der Waals surface area (Å²) in [4.78, 5) is 20.4. The first-order chi connectivity index (χ1) is 9.29. The lowest BCUT2D eigenvalue weighted by Gasteiger charge is -2.32. The Kier molecular flexibility index (Phi) is 4.23. The maximum Gasteiger partial charge on any atom is 0.223 e. The third kappa shape index (κ3) is 3.23. The Bertz CT molecular complexity index is 498. The highest BCUT2D eigenvalue weighted by molar-refractivity contribution is 6.32. The van der Waals surface area contributed by atoms with Gasteiger partial charge in [0.25, 0.3) is 0 Å². The summed E-state index contributed by atoms with van der Waals surface area (Å²) in [6, 6.07) is 3.65. The quantitative estimate of drug-likeness (QED) is 0.860. The van der Waals surface area contributed by atoms with Crippen molar-refractivity contribution >= 4 is 23.3 Å². The van der Waals surface area contributed by atoms with Gasteiger partial charge < -0.3 is 9.80 Å². The predicted molar refractivity (Wildman–Crippen MR) is 82.1 cm³/mol. The molecule has 2 heterocycles. The first kappa shape index (κ1) is 15.1. The normalized spacial score (nSPS) is 19.6. The van der Waals surface area contributed by atoms with Crippen LogP contribution in [0.2, 0.25) is 5.02 Å². The Morgan fingerprint density at radius 3 is 2.75 bits per heavy atom. The Labute approximate surface area is 125 Å². The standard InChI is InChI=1S/C15H22ClN3O/c1-15(2,3)19-10-11(8-13(19)20)9-18(4)14-12(16)6-5-7-17-14/h5-7,11H,8-10H2,1-4H3. The van der Waals surface area contributed by atoms with Crippen molar-refractivity contribution in [3.63, 3.8) is 0 Å². The SMILES string of the molecule is CN(CC1CC(=O)N(C(C)(C)C)C1)c1ncccc1Cl. The molecule has 20 heavy (non-hydrogen) atoms. The van der Waals surface area contributed by atoms with Crippen LogP contribution >= 0.6 is 11.6 Å². The Morgan fingerprint density at radius 2 is 2.20 bits per heavy atom. The van der Waals surface area contributed by atoms with Gasteiger partial charge in [-0.15, -0.1) is 0 Å². The van der Waals surface area contributed by atoms with Crippen LogP contribution in [0.25, 0.3) is 0 Å². The lowest BCUT2D eigenvalue weighted by molar-refractivity contribution is -0.131. The molecule has 1 amide bonds. The highest BCUT2D eigenvalue weighted by atomic mass is 35.5. The molecule has 5 heteroatoms. The molecule has 1 aromatic rings. The van der Waals surface area contributed by atoms with E-state index in [9.17, 15) is 4.79 Å². The summed E-state index contributed by atoms with van der Waals surface area (Å²) in [7, 11) is 1.97. The molecule has 110 valence electrons. The van der Waals surface area contributed by atoms with Crippen LogP contribution in [0, 0.1) is 5.92 Å². The molecule has 1 aromatic heterocycles. The fourth-order valence-corrected chi connectivity index (χ4v) is 2.95. The van der Waals surface area contributed by atoms with Crippen LogP contribution in [-0.2, 0) is 4.79 Å². The first-order valence-corrected chi connectivity index (χ1v) is 7.29. The van der Waals surface area contributed by atoms with Crippen LogP contribution in [0.3, 0.4) is 0 Å². The van der Waals surface area contributed by atoms with Gasteiger partial charge in [-0.25, -0.2) is 4.98 Å². The molecule has 0 aromatic carbocycles. The second-order valence-corrected chi connectivity index (χ2v) is 6.84. The molecule has 1 aliphatic rings. The van der Waals surface area contributed by atoms with E-state index in [1.807, 2.05) is 29.0 Å². The number of likely N-dealkylation sites (tertiary alicyclic amines) is 1. The molecule has 1 fully saturated rings. The minimum absolute atomic E-state index is 0.104. The second-order valence-electron chi connectivity index (χ2n) is 6.43. The lowest BCUT2D eigenvalue weighted by atomic mass is 10.1. The molecule has 0 saturated carbocycles. The zero-order chi connectivity index (χ0) is 14.9. The number of anilines is 1. The molecule has 2 rings (SSSR count). The Hall–Kier alpha value is -1.29. The molecule has 1 unspecified atom stereocenters. The fraction of sp³-hybridized carbons (Fsp3) is 0.600. The minimum atomic E-state index is -0.104. The van der Waals surface area contributed by atoms with Gasteiger partial charge in [-0.2, -0.15) is 0 Å². The fourth-order valence-electron chi connectivity index (χ4n) is 2.68. The summed E-state index contributed by atoms with van der Waals surface area (Å²) in [6.07, 6.45) is 2.34. The number of carbonyl (C=O) groups excluding carboxylic acids is 1. The number of pyridine rings is 1. The highest BCUT2D eigenvalue weighted by Gasteiger charge is 2.36. The van der Waals surface area contributed by atoms with Gasteiger partial charge in [0.2, 0.25) is 5.91 Å². The zero-order valence-corrected chi connectivity index (χ0v) is 13.3. The highest BCUT2D eigenvalue weighted by Crippen LogP contribution is 2.28. The minimum Gasteiger partial charge on any atom is -0.358 e. The van der Waals surface area contributed by atoms with Crippen molar-refractivity contribution < 1.29 is 4.79 Å². The topological polar surface area (TPSA) is 36.4 Å². The molecule has 0 radical (unpaired) electrons. The van der Waals surface area contributed by atoms with Crippen LogP contribution in [0.5, 0.6) is 0 Å². The van der Waals surface area contributed by atoms with Crippen LogP contribution < -0.4 is 4.90 Å². The number of rotatable bonds is 3. The number of amides is 1. The van der Waals surface area contributed by atoms with Crippen molar-refractivity contribution in [3.05, 3.63) is 23.4 Å². The van der Waals surface area contributed by atoms with E-state index in [4.69, 9.17) is 11.6 Å². The van der Waals surface area contributed by atoms with Crippen molar-refractivity contribution in [2.75, 3.05) is 25.0 Å². The van der Waals surface area contributed by atoms with E-state index in [2.05, 4.69) is 25.8 Å². The van der Waals surface area contributed by atoms with E-state index < -0.39 is 0 Å². The van der Waals surface area contributed by atoms with Crippen LogP contribution in [0.15, 0.2) is 18.3 Å². The molecule has 0 N–H and O–H groups in total. The second kappa shape index (κ2) is 5.60. The van der Waals surface area contributed by atoms with E-state index in [0.29, 0.717) is 17.4 Å². The van der Waals surface area contributed by atoms with Crippen LogP contribution in [0.1, 0.15) is 27.2 Å². The number of halogens is 1. The summed E-state index contributed by atoms with van der Waals surface area (Å²) in [5, 5.41) is 0.645. The van der Waals surface area contributed by atoms with Crippen molar-refractivity contribution in [2.45, 2.75) is 32.7 Å². The number of aromatic nitrogens is 1. The van der Waals surface area contributed by atoms with Crippen molar-refractivity contribution in [2.24, 2.45) is 5.92 Å². The van der Waals surface area contributed by atoms with Gasteiger partial charge in [0.1, 0.15) is 5.82 Å². The molecule has 1 atom stereocenters. The molecule has 1 aliphatic heterocycles. The van der Waals surface area contributed by atoms with Crippen molar-refractivity contribution in [1.82, 2.24) is 9.88 Å². The van der Waals surface area contributed by atoms with E-state index >= 15 is 0 Å². The van der Waals surface area contributed by atoms with Gasteiger partial charge in [-0.05, 0) is 32.9 Å². The van der Waals surface area contributed by atoms with Gasteiger partial charge >= 0.3 is 0 Å². The van der Waals surface area contributed by atoms with Crippen molar-refractivity contribution in [1.29, 1.82) is 0 Å². The summed E-state index contributed by atoms with van der Waals surface area (Å²) in [5.41, 5.74) is -0.104. The average Bonchev–Trinajstić information content (AvgIpc) is 2.70. The van der Waals surface area contributed by atoms with Crippen LogP contribution in [0.4, 0.5) is 5.82 Å². The zero-order valence-electron chi connectivity index (χ0n) is 12.6. The van der Waals surface area contributed by atoms with Gasteiger partial charge in [-0.3, -0.25) is 4.79 Å². The van der Waals surface area contributed by atoms with Gasteiger partial charge in [0, 0.05) is 44.2 Å². The van der Waals surface area contributed by atoms with Gasteiger partial charge in [0.05, 0.1) is 5.02 Å². The van der Waals surface area contributed by atoms with Crippen LogP contribution in [-0.4, -0.2) is 41.5 Å². The first-order valence-electron chi connectivity index (χ1n) is 6.91. The summed E-state index contributed by atoms with van der Waals surface area (Å²) in [6.45, 7) is 7.82. The summed E-state index contributed by atoms with van der Waals surface area (Å²) in [5.74, 6) is 1.34. The van der Waals surface area contributed by atoms with Crippen molar-refractivity contribution in [3.8, 4) is 0 Å². The molecular formula is C15H22ClN3O. The van der Waals surface area contributed by atoms with Gasteiger partial charge in [-0.1, -0.05) is 11.6 Å². The molecule has 0 bridgehead atoms. The number of carbonyl (C=O) groups is 1. The molecule has 0 spiro atoms. The Balaban J connectivity index is 2.02. The number of nitrogens with zero attached hydrogens (tertiary/aromatic N) is 3. The third-order valence-electron chi connectivity index (χ3n) is 3.65. The average molecular weight is 296 g/mol. The summed E-state index contributed by atoms with van der Waals surface area (Å²) < 4.78 is 0. The lowest BCUT2D eigenvalue weighted by Crippen LogP contribution is -2.42. The van der Waals surface area contributed by atoms with E-state index in [1.165, 1.54) is 0 Å². The monoisotopic (exact) mass is 295 g/mol. The maximum absolute atomic E-state index is 12.1. The smallest absolute Gasteiger partial charge is 0.223 e. The molecular weight excluding hydrogens is 274 g/mol. The van der Waals surface area contributed by atoms with E-state index in [-0.39, 0.29) is 11.4 Å². The Morgan fingerprint density at radius 1 is 1.50 bits per heavy atom. The largest absolute Gasteiger partial charge is 0.358 e. The van der Waals surface area contributed by atoms with E-state index in [1.54, 1.807) is 6.20 Å². The molecule has 0 aliphatic carbocycles. The predicted octanol–water partition coefficient (Wildman–Crippen LogP) is 2.82. The number of hydrogen-bond donors (Lipinski definition) is 0. The molecule has 4 nitrogen and oxygen atoms in total.